The molecule has 0 fully saturated rings. The highest BCUT2D eigenvalue weighted by atomic mass is 16.6. The fourth-order valence-corrected chi connectivity index (χ4v) is 4.46. The Bertz CT molecular complexity index is 1420. The number of para-hydroxylation sites is 1. The van der Waals surface area contributed by atoms with Crippen LogP contribution in [0.25, 0.3) is 0 Å². The van der Waals surface area contributed by atoms with E-state index in [1.165, 1.54) is 6.07 Å². The molecule has 1 aliphatic heterocycles. The van der Waals surface area contributed by atoms with Crippen LogP contribution in [0.1, 0.15) is 51.3 Å². The van der Waals surface area contributed by atoms with E-state index in [0.29, 0.717) is 17.1 Å². The van der Waals surface area contributed by atoms with Crippen LogP contribution in [0.15, 0.2) is 60.7 Å². The van der Waals surface area contributed by atoms with Gasteiger partial charge in [-0.2, -0.15) is 0 Å². The number of hydrogen-bond donors (Lipinski definition) is 1. The molecule has 0 unspecified atom stereocenters. The predicted molar refractivity (Wildman–Crippen MR) is 130 cm³/mol. The van der Waals surface area contributed by atoms with Crippen molar-refractivity contribution in [3.8, 4) is 11.5 Å². The molecular weight excluding hydrogens is 462 g/mol. The molecule has 3 aromatic carbocycles. The second kappa shape index (κ2) is 8.96. The zero-order valence-electron chi connectivity index (χ0n) is 19.8. The van der Waals surface area contributed by atoms with Crippen molar-refractivity contribution in [1.29, 1.82) is 0 Å². The van der Waals surface area contributed by atoms with Crippen LogP contribution in [0.2, 0.25) is 0 Å². The third-order valence-corrected chi connectivity index (χ3v) is 5.99. The van der Waals surface area contributed by atoms with E-state index in [2.05, 4.69) is 5.32 Å². The van der Waals surface area contributed by atoms with E-state index < -0.39 is 25.1 Å². The summed E-state index contributed by atoms with van der Waals surface area (Å²) >= 11 is 0. The third kappa shape index (κ3) is 4.33. The van der Waals surface area contributed by atoms with Gasteiger partial charge in [-0.15, -0.1) is 0 Å². The van der Waals surface area contributed by atoms with Gasteiger partial charge in [-0.3, -0.25) is 14.4 Å². The molecule has 5 rings (SSSR count). The van der Waals surface area contributed by atoms with Gasteiger partial charge in [0.05, 0.1) is 11.3 Å². The second-order valence-electron chi connectivity index (χ2n) is 9.21. The Kier molecular flexibility index (Phi) is 5.80. The van der Waals surface area contributed by atoms with Gasteiger partial charge in [0.15, 0.2) is 36.3 Å². The first-order valence-corrected chi connectivity index (χ1v) is 11.4. The number of anilines is 1. The lowest BCUT2D eigenvalue weighted by atomic mass is 9.83. The summed E-state index contributed by atoms with van der Waals surface area (Å²) in [5.74, 6) is -1.01. The summed E-state index contributed by atoms with van der Waals surface area (Å²) in [7, 11) is 0. The molecule has 2 aliphatic rings. The molecule has 1 amide bonds. The number of amides is 1. The minimum Gasteiger partial charge on any atom is -0.483 e. The molecule has 0 radical (unpaired) electrons. The van der Waals surface area contributed by atoms with E-state index in [1.807, 2.05) is 26.0 Å². The molecule has 1 heterocycles. The number of hydrogen-bond acceptors (Lipinski definition) is 7. The lowest BCUT2D eigenvalue weighted by Crippen LogP contribution is -2.27. The largest absolute Gasteiger partial charge is 0.483 e. The van der Waals surface area contributed by atoms with Gasteiger partial charge in [-0.25, -0.2) is 4.79 Å². The number of fused-ring (bicyclic) bond motifs is 3. The molecule has 0 spiro atoms. The third-order valence-electron chi connectivity index (χ3n) is 5.99. The fourth-order valence-electron chi connectivity index (χ4n) is 4.46. The summed E-state index contributed by atoms with van der Waals surface area (Å²) in [6, 6.07) is 16.7. The van der Waals surface area contributed by atoms with Crippen molar-refractivity contribution in [2.24, 2.45) is 0 Å². The topological polar surface area (TPSA) is 108 Å². The van der Waals surface area contributed by atoms with Crippen molar-refractivity contribution in [3.05, 3.63) is 88.5 Å². The van der Waals surface area contributed by atoms with Crippen LogP contribution in [-0.2, 0) is 20.7 Å². The smallest absolute Gasteiger partial charge is 0.344 e. The van der Waals surface area contributed by atoms with Crippen LogP contribution in [-0.4, -0.2) is 42.3 Å². The van der Waals surface area contributed by atoms with Crippen LogP contribution in [0.3, 0.4) is 0 Å². The quantitative estimate of drug-likeness (QED) is 0.415. The van der Waals surface area contributed by atoms with Gasteiger partial charge in [0, 0.05) is 28.7 Å². The highest BCUT2D eigenvalue weighted by Gasteiger charge is 2.33. The lowest BCUT2D eigenvalue weighted by Gasteiger charge is -2.20. The molecule has 0 saturated carbocycles. The zero-order valence-corrected chi connectivity index (χ0v) is 19.8. The predicted octanol–water partition coefficient (Wildman–Crippen LogP) is 3.74. The number of ketones is 2. The summed E-state index contributed by atoms with van der Waals surface area (Å²) in [6.45, 7) is 2.95. The van der Waals surface area contributed by atoms with Crippen molar-refractivity contribution >= 4 is 29.1 Å². The summed E-state index contributed by atoms with van der Waals surface area (Å²) in [5, 5.41) is 2.57. The van der Waals surface area contributed by atoms with Crippen LogP contribution in [0.4, 0.5) is 5.69 Å². The van der Waals surface area contributed by atoms with Crippen LogP contribution >= 0.6 is 0 Å². The second-order valence-corrected chi connectivity index (χ2v) is 9.21. The molecule has 8 nitrogen and oxygen atoms in total. The van der Waals surface area contributed by atoms with E-state index in [0.717, 1.165) is 12.0 Å². The van der Waals surface area contributed by atoms with Crippen molar-refractivity contribution in [3.63, 3.8) is 0 Å². The summed E-state index contributed by atoms with van der Waals surface area (Å²) < 4.78 is 16.5. The number of carbonyl (C=O) groups is 4. The van der Waals surface area contributed by atoms with Crippen molar-refractivity contribution in [2.75, 3.05) is 18.5 Å². The van der Waals surface area contributed by atoms with Gasteiger partial charge < -0.3 is 19.5 Å². The number of ether oxygens (including phenoxy) is 3. The molecule has 0 aromatic heterocycles. The molecule has 1 aliphatic carbocycles. The average molecular weight is 485 g/mol. The van der Waals surface area contributed by atoms with Crippen LogP contribution in [0, 0.1) is 0 Å². The molecule has 182 valence electrons. The molecular formula is C28H23NO7. The monoisotopic (exact) mass is 485 g/mol. The zero-order chi connectivity index (χ0) is 25.4. The maximum absolute atomic E-state index is 13.0. The highest BCUT2D eigenvalue weighted by molar-refractivity contribution is 6.30. The normalized spacial score (nSPS) is 14.7. The number of carbonyl (C=O) groups excluding carboxylic acids is 4. The van der Waals surface area contributed by atoms with Crippen molar-refractivity contribution in [2.45, 2.75) is 25.9 Å². The maximum Gasteiger partial charge on any atom is 0.344 e. The number of esters is 1. The average Bonchev–Trinajstić information content (AvgIpc) is 3.19. The number of rotatable bonds is 6. The molecule has 36 heavy (non-hydrogen) atoms. The van der Waals surface area contributed by atoms with Gasteiger partial charge in [-0.1, -0.05) is 48.5 Å². The van der Waals surface area contributed by atoms with Crippen molar-refractivity contribution < 1.29 is 33.4 Å². The molecule has 8 heteroatoms. The lowest BCUT2D eigenvalue weighted by molar-refractivity contribution is -0.149. The van der Waals surface area contributed by atoms with Crippen LogP contribution in [0.5, 0.6) is 11.5 Å². The van der Waals surface area contributed by atoms with E-state index >= 15 is 0 Å². The Hall–Kier alpha value is -4.46. The molecule has 3 aromatic rings. The first kappa shape index (κ1) is 23.3. The minimum atomic E-state index is -0.740. The summed E-state index contributed by atoms with van der Waals surface area (Å²) in [4.78, 5) is 50.6. The Morgan fingerprint density at radius 3 is 2.36 bits per heavy atom. The minimum absolute atomic E-state index is 0.116. The summed E-state index contributed by atoms with van der Waals surface area (Å²) in [5.41, 5.74) is 1.74. The van der Waals surface area contributed by atoms with Gasteiger partial charge in [-0.05, 0) is 26.0 Å². The van der Waals surface area contributed by atoms with E-state index in [-0.39, 0.29) is 39.5 Å². The standard InChI is InChI=1S/C28H23NO7/c1-28(2)13-16-7-5-12-21(27(16)36-28)34-15-23(31)35-14-22(30)29-20-11-6-10-19-24(20)26(33)18-9-4-3-8-17(18)25(19)32/h3-12H,13-15H2,1-2H3,(H,29,30). The number of benzene rings is 3. The fraction of sp³-hybridized carbons (Fsp3) is 0.214. The Morgan fingerprint density at radius 2 is 1.58 bits per heavy atom. The molecule has 0 saturated heterocycles. The van der Waals surface area contributed by atoms with Crippen molar-refractivity contribution in [1.82, 2.24) is 0 Å². The maximum atomic E-state index is 13.0. The van der Waals surface area contributed by atoms with Gasteiger partial charge in [0.2, 0.25) is 0 Å². The SMILES string of the molecule is CC1(C)Cc2cccc(OCC(=O)OCC(=O)Nc3cccc4c3C(=O)c3ccccc3C4=O)c2O1. The van der Waals surface area contributed by atoms with E-state index in [9.17, 15) is 19.2 Å². The molecule has 0 atom stereocenters. The van der Waals surface area contributed by atoms with Gasteiger partial charge >= 0.3 is 5.97 Å². The Morgan fingerprint density at radius 1 is 0.889 bits per heavy atom. The van der Waals surface area contributed by atoms with Gasteiger partial charge in [0.1, 0.15) is 5.60 Å². The molecule has 0 bridgehead atoms. The Labute approximate surface area is 207 Å². The summed E-state index contributed by atoms with van der Waals surface area (Å²) in [6.07, 6.45) is 0.729. The van der Waals surface area contributed by atoms with E-state index in [4.69, 9.17) is 14.2 Å². The first-order chi connectivity index (χ1) is 17.2. The highest BCUT2D eigenvalue weighted by Crippen LogP contribution is 2.41. The first-order valence-electron chi connectivity index (χ1n) is 11.4. The van der Waals surface area contributed by atoms with Gasteiger partial charge in [0.25, 0.3) is 5.91 Å². The van der Waals surface area contributed by atoms with Crippen LogP contribution < -0.4 is 14.8 Å². The molecule has 1 N–H and O–H groups in total. The number of nitrogens with one attached hydrogen (secondary N) is 1. The Balaban J connectivity index is 1.20. The van der Waals surface area contributed by atoms with E-state index in [1.54, 1.807) is 42.5 Å².